The highest BCUT2D eigenvalue weighted by molar-refractivity contribution is 5.44. The smallest absolute Gasteiger partial charge is 0.165 e. The Hall–Kier alpha value is -2.24. The van der Waals surface area contributed by atoms with E-state index in [9.17, 15) is 4.39 Å². The van der Waals surface area contributed by atoms with Gasteiger partial charge in [-0.25, -0.2) is 19.3 Å². The van der Waals surface area contributed by atoms with E-state index < -0.39 is 0 Å². The molecule has 3 rings (SSSR count). The molecule has 2 aromatic rings. The molecule has 0 aliphatic carbocycles. The second kappa shape index (κ2) is 6.25. The molecule has 22 heavy (non-hydrogen) atoms. The van der Waals surface area contributed by atoms with Crippen LogP contribution in [0.4, 0.5) is 16.0 Å². The van der Waals surface area contributed by atoms with E-state index in [1.807, 2.05) is 24.9 Å². The minimum absolute atomic E-state index is 0.260. The van der Waals surface area contributed by atoms with Crippen molar-refractivity contribution < 1.29 is 4.39 Å². The molecular formula is C16H20FN5. The fourth-order valence-corrected chi connectivity index (χ4v) is 2.89. The quantitative estimate of drug-likeness (QED) is 0.871. The van der Waals surface area contributed by atoms with Gasteiger partial charge in [-0.1, -0.05) is 0 Å². The Balaban J connectivity index is 1.77. The third kappa shape index (κ3) is 3.00. The van der Waals surface area contributed by atoms with Crippen LogP contribution in [-0.2, 0) is 0 Å². The van der Waals surface area contributed by atoms with Gasteiger partial charge in [0.1, 0.15) is 12.1 Å². The zero-order valence-electron chi connectivity index (χ0n) is 12.9. The molecule has 0 radical (unpaired) electrons. The lowest BCUT2D eigenvalue weighted by Crippen LogP contribution is -2.47. The highest BCUT2D eigenvalue weighted by atomic mass is 19.1. The largest absolute Gasteiger partial charge is 0.355 e. The number of hydrogen-bond acceptors (Lipinski definition) is 5. The first-order valence-electron chi connectivity index (χ1n) is 7.52. The number of aromatic nitrogens is 3. The molecule has 1 saturated heterocycles. The van der Waals surface area contributed by atoms with Crippen LogP contribution in [0, 0.1) is 12.7 Å². The van der Waals surface area contributed by atoms with E-state index in [4.69, 9.17) is 0 Å². The number of aryl methyl sites for hydroxylation is 1. The summed E-state index contributed by atoms with van der Waals surface area (Å²) in [5.74, 6) is 1.09. The fraction of sp³-hybridized carbons (Fsp3) is 0.438. The summed E-state index contributed by atoms with van der Waals surface area (Å²) in [4.78, 5) is 16.8. The van der Waals surface area contributed by atoms with Crippen molar-refractivity contribution in [3.63, 3.8) is 0 Å². The highest BCUT2D eigenvalue weighted by Crippen LogP contribution is 2.24. The van der Waals surface area contributed by atoms with Crippen LogP contribution in [0.5, 0.6) is 0 Å². The molecule has 0 N–H and O–H groups in total. The van der Waals surface area contributed by atoms with Crippen LogP contribution in [0.3, 0.4) is 0 Å². The number of nitrogens with zero attached hydrogens (tertiary/aromatic N) is 5. The molecule has 1 aliphatic heterocycles. The predicted molar refractivity (Wildman–Crippen MR) is 84.6 cm³/mol. The molecule has 0 saturated carbocycles. The maximum atomic E-state index is 13.9. The van der Waals surface area contributed by atoms with Crippen molar-refractivity contribution in [3.8, 4) is 0 Å². The number of hydrogen-bond donors (Lipinski definition) is 0. The molecule has 116 valence electrons. The monoisotopic (exact) mass is 301 g/mol. The maximum absolute atomic E-state index is 13.9. The van der Waals surface area contributed by atoms with Crippen molar-refractivity contribution in [1.82, 2.24) is 15.0 Å². The SMILES string of the molecule is Cc1cc(N(C)C2CCCN(c3ncccc3F)C2)ncn1. The van der Waals surface area contributed by atoms with Gasteiger partial charge in [0.15, 0.2) is 11.6 Å². The average Bonchev–Trinajstić information content (AvgIpc) is 2.55. The lowest BCUT2D eigenvalue weighted by molar-refractivity contribution is 0.475. The number of pyridine rings is 1. The molecule has 1 unspecified atom stereocenters. The van der Waals surface area contributed by atoms with Crippen molar-refractivity contribution >= 4 is 11.6 Å². The Morgan fingerprint density at radius 2 is 2.18 bits per heavy atom. The van der Waals surface area contributed by atoms with Crippen LogP contribution < -0.4 is 9.80 Å². The zero-order valence-corrected chi connectivity index (χ0v) is 12.9. The van der Waals surface area contributed by atoms with Crippen molar-refractivity contribution in [1.29, 1.82) is 0 Å². The summed E-state index contributed by atoms with van der Waals surface area (Å²) in [5, 5.41) is 0. The highest BCUT2D eigenvalue weighted by Gasteiger charge is 2.26. The van der Waals surface area contributed by atoms with E-state index in [0.717, 1.165) is 37.4 Å². The van der Waals surface area contributed by atoms with Crippen LogP contribution in [-0.4, -0.2) is 41.1 Å². The van der Waals surface area contributed by atoms with Gasteiger partial charge in [-0.05, 0) is 31.9 Å². The topological polar surface area (TPSA) is 45.2 Å². The third-order valence-electron chi connectivity index (χ3n) is 4.13. The molecule has 0 aromatic carbocycles. The Labute approximate surface area is 129 Å². The Morgan fingerprint density at radius 3 is 2.95 bits per heavy atom. The number of piperidine rings is 1. The zero-order chi connectivity index (χ0) is 15.5. The van der Waals surface area contributed by atoms with Crippen molar-refractivity contribution in [3.05, 3.63) is 42.2 Å². The van der Waals surface area contributed by atoms with E-state index in [1.54, 1.807) is 18.6 Å². The van der Waals surface area contributed by atoms with Gasteiger partial charge in [0.25, 0.3) is 0 Å². The summed E-state index contributed by atoms with van der Waals surface area (Å²) in [6.07, 6.45) is 5.29. The number of anilines is 2. The number of rotatable bonds is 3. The van der Waals surface area contributed by atoms with Gasteiger partial charge in [-0.15, -0.1) is 0 Å². The first-order valence-corrected chi connectivity index (χ1v) is 7.52. The summed E-state index contributed by atoms with van der Waals surface area (Å²) in [7, 11) is 2.03. The molecule has 2 aromatic heterocycles. The summed E-state index contributed by atoms with van der Waals surface area (Å²) in [5.41, 5.74) is 0.945. The third-order valence-corrected chi connectivity index (χ3v) is 4.13. The van der Waals surface area contributed by atoms with Gasteiger partial charge in [-0.3, -0.25) is 0 Å². The molecule has 5 nitrogen and oxygen atoms in total. The maximum Gasteiger partial charge on any atom is 0.165 e. The molecule has 6 heteroatoms. The summed E-state index contributed by atoms with van der Waals surface area (Å²) in [6, 6.07) is 5.34. The van der Waals surface area contributed by atoms with Crippen LogP contribution in [0.25, 0.3) is 0 Å². The molecule has 3 heterocycles. The first kappa shape index (κ1) is 14.7. The first-order chi connectivity index (χ1) is 10.6. The van der Waals surface area contributed by atoms with Gasteiger partial charge in [0.2, 0.25) is 0 Å². The Kier molecular flexibility index (Phi) is 4.18. The van der Waals surface area contributed by atoms with Gasteiger partial charge >= 0.3 is 0 Å². The van der Waals surface area contributed by atoms with E-state index in [-0.39, 0.29) is 11.9 Å². The van der Waals surface area contributed by atoms with E-state index in [1.165, 1.54) is 6.07 Å². The van der Waals surface area contributed by atoms with Crippen LogP contribution in [0.1, 0.15) is 18.5 Å². The predicted octanol–water partition coefficient (Wildman–Crippen LogP) is 2.42. The molecule has 0 bridgehead atoms. The molecule has 1 aliphatic rings. The normalized spacial score (nSPS) is 18.3. The number of likely N-dealkylation sites (N-methyl/N-ethyl adjacent to an activating group) is 1. The summed E-state index contributed by atoms with van der Waals surface area (Å²) < 4.78 is 13.9. The standard InChI is InChI=1S/C16H20FN5/c1-12-9-15(20-11-19-12)21(2)13-5-4-8-22(10-13)16-14(17)6-3-7-18-16/h3,6-7,9,11,13H,4-5,8,10H2,1-2H3. The second-order valence-electron chi connectivity index (χ2n) is 5.68. The van der Waals surface area contributed by atoms with Crippen LogP contribution in [0.2, 0.25) is 0 Å². The number of halogens is 1. The molecule has 0 spiro atoms. The lowest BCUT2D eigenvalue weighted by Gasteiger charge is -2.38. The van der Waals surface area contributed by atoms with Crippen LogP contribution in [0.15, 0.2) is 30.7 Å². The second-order valence-corrected chi connectivity index (χ2v) is 5.68. The fourth-order valence-electron chi connectivity index (χ4n) is 2.89. The van der Waals surface area contributed by atoms with Crippen LogP contribution >= 0.6 is 0 Å². The van der Waals surface area contributed by atoms with Gasteiger partial charge < -0.3 is 9.80 Å². The molecule has 1 atom stereocenters. The lowest BCUT2D eigenvalue weighted by atomic mass is 10.0. The van der Waals surface area contributed by atoms with E-state index in [2.05, 4.69) is 19.9 Å². The summed E-state index contributed by atoms with van der Waals surface area (Å²) in [6.45, 7) is 3.53. The molecule has 0 amide bonds. The van der Waals surface area contributed by atoms with Gasteiger partial charge in [0, 0.05) is 44.1 Å². The molecule has 1 fully saturated rings. The van der Waals surface area contributed by atoms with Crippen molar-refractivity contribution in [2.24, 2.45) is 0 Å². The van der Waals surface area contributed by atoms with Crippen molar-refractivity contribution in [2.45, 2.75) is 25.8 Å². The molecular weight excluding hydrogens is 281 g/mol. The minimum Gasteiger partial charge on any atom is -0.355 e. The van der Waals surface area contributed by atoms with Crippen molar-refractivity contribution in [2.75, 3.05) is 29.9 Å². The Morgan fingerprint density at radius 1 is 1.32 bits per heavy atom. The van der Waals surface area contributed by atoms with Gasteiger partial charge in [-0.2, -0.15) is 0 Å². The average molecular weight is 301 g/mol. The van der Waals surface area contributed by atoms with Gasteiger partial charge in [0.05, 0.1) is 0 Å². The van der Waals surface area contributed by atoms with E-state index >= 15 is 0 Å². The minimum atomic E-state index is -0.260. The summed E-state index contributed by atoms with van der Waals surface area (Å²) >= 11 is 0. The Bertz CT molecular complexity index is 648. The van der Waals surface area contributed by atoms with E-state index in [0.29, 0.717) is 5.82 Å².